The van der Waals surface area contributed by atoms with Crippen molar-refractivity contribution in [3.05, 3.63) is 57.1 Å². The second-order valence-electron chi connectivity index (χ2n) is 4.73. The van der Waals surface area contributed by atoms with Gasteiger partial charge in [-0.25, -0.2) is 8.78 Å². The van der Waals surface area contributed by atoms with Gasteiger partial charge in [-0.05, 0) is 65.2 Å². The molecule has 3 N–H and O–H groups in total. The van der Waals surface area contributed by atoms with Gasteiger partial charge in [-0.15, -0.1) is 0 Å². The number of nitrogen functional groups attached to an aromatic ring is 1. The second kappa shape index (κ2) is 5.81. The molecular formula is C15H13BrF2N2O. The van der Waals surface area contributed by atoms with E-state index in [1.54, 1.807) is 6.92 Å². The highest BCUT2D eigenvalue weighted by atomic mass is 79.9. The van der Waals surface area contributed by atoms with Gasteiger partial charge in [0, 0.05) is 11.4 Å². The number of hydrogen-bond acceptors (Lipinski definition) is 2. The minimum atomic E-state index is -0.673. The zero-order valence-electron chi connectivity index (χ0n) is 11.4. The van der Waals surface area contributed by atoms with Crippen LogP contribution in [0.3, 0.4) is 0 Å². The number of hydrogen-bond donors (Lipinski definition) is 2. The van der Waals surface area contributed by atoms with Gasteiger partial charge in [0.2, 0.25) is 0 Å². The molecule has 0 saturated heterocycles. The zero-order valence-corrected chi connectivity index (χ0v) is 13.0. The number of halogens is 3. The molecule has 2 rings (SSSR count). The van der Waals surface area contributed by atoms with Gasteiger partial charge >= 0.3 is 0 Å². The van der Waals surface area contributed by atoms with Crippen LogP contribution in [0.4, 0.5) is 20.2 Å². The first kappa shape index (κ1) is 15.4. The summed E-state index contributed by atoms with van der Waals surface area (Å²) in [6.07, 6.45) is 0. The van der Waals surface area contributed by atoms with E-state index < -0.39 is 17.5 Å². The van der Waals surface area contributed by atoms with Crippen molar-refractivity contribution in [2.75, 3.05) is 11.1 Å². The molecule has 3 nitrogen and oxygen atoms in total. The summed E-state index contributed by atoms with van der Waals surface area (Å²) in [4.78, 5) is 12.1. The minimum Gasteiger partial charge on any atom is -0.399 e. The van der Waals surface area contributed by atoms with E-state index in [0.717, 1.165) is 0 Å². The Labute approximate surface area is 129 Å². The lowest BCUT2D eigenvalue weighted by Gasteiger charge is -2.11. The Morgan fingerprint density at radius 2 is 1.81 bits per heavy atom. The Kier molecular flexibility index (Phi) is 4.27. The summed E-state index contributed by atoms with van der Waals surface area (Å²) in [5, 5.41) is 2.49. The summed E-state index contributed by atoms with van der Waals surface area (Å²) in [5.74, 6) is -1.83. The van der Waals surface area contributed by atoms with Crippen LogP contribution in [0.5, 0.6) is 0 Å². The van der Waals surface area contributed by atoms with Gasteiger partial charge in [-0.2, -0.15) is 0 Å². The second-order valence-corrected chi connectivity index (χ2v) is 5.59. The molecule has 1 amide bonds. The van der Waals surface area contributed by atoms with E-state index in [-0.39, 0.29) is 22.5 Å². The van der Waals surface area contributed by atoms with Crippen molar-refractivity contribution in [3.63, 3.8) is 0 Å². The van der Waals surface area contributed by atoms with Crippen LogP contribution in [-0.4, -0.2) is 5.91 Å². The number of carbonyl (C=O) groups is 1. The maximum absolute atomic E-state index is 14.0. The summed E-state index contributed by atoms with van der Waals surface area (Å²) in [7, 11) is 0. The van der Waals surface area contributed by atoms with Crippen molar-refractivity contribution >= 4 is 33.2 Å². The van der Waals surface area contributed by atoms with E-state index in [0.29, 0.717) is 10.0 Å². The first-order valence-electron chi connectivity index (χ1n) is 6.12. The summed E-state index contributed by atoms with van der Waals surface area (Å²) in [6.45, 7) is 3.23. The number of nitrogens with one attached hydrogen (secondary N) is 1. The Bertz CT molecular complexity index is 732. The highest BCUT2D eigenvalue weighted by Crippen LogP contribution is 2.25. The van der Waals surface area contributed by atoms with Crippen LogP contribution in [-0.2, 0) is 0 Å². The van der Waals surface area contributed by atoms with Crippen molar-refractivity contribution in [2.45, 2.75) is 13.8 Å². The maximum atomic E-state index is 14.0. The van der Waals surface area contributed by atoms with Crippen LogP contribution in [0.25, 0.3) is 0 Å². The lowest BCUT2D eigenvalue weighted by molar-refractivity contribution is 0.102. The third-order valence-electron chi connectivity index (χ3n) is 3.04. The van der Waals surface area contributed by atoms with Crippen LogP contribution < -0.4 is 11.1 Å². The normalized spacial score (nSPS) is 10.5. The molecule has 0 aromatic heterocycles. The molecule has 0 radical (unpaired) electrons. The molecule has 0 unspecified atom stereocenters. The zero-order chi connectivity index (χ0) is 15.7. The monoisotopic (exact) mass is 354 g/mol. The average Bonchev–Trinajstić information content (AvgIpc) is 2.40. The lowest BCUT2D eigenvalue weighted by Crippen LogP contribution is -2.16. The molecule has 0 atom stereocenters. The Balaban J connectivity index is 2.37. The number of nitrogens with two attached hydrogens (primary N) is 1. The Morgan fingerprint density at radius 1 is 1.14 bits per heavy atom. The number of anilines is 2. The molecular weight excluding hydrogens is 342 g/mol. The number of benzene rings is 2. The molecule has 0 aliphatic heterocycles. The van der Waals surface area contributed by atoms with Crippen LogP contribution in [0.2, 0.25) is 0 Å². The molecule has 6 heteroatoms. The van der Waals surface area contributed by atoms with Crippen LogP contribution in [0.1, 0.15) is 21.5 Å². The number of amides is 1. The van der Waals surface area contributed by atoms with Crippen LogP contribution >= 0.6 is 15.9 Å². The van der Waals surface area contributed by atoms with Crippen LogP contribution in [0, 0.1) is 25.5 Å². The lowest BCUT2D eigenvalue weighted by atomic mass is 10.1. The quantitative estimate of drug-likeness (QED) is 0.794. The first-order chi connectivity index (χ1) is 9.79. The highest BCUT2D eigenvalue weighted by Gasteiger charge is 2.16. The number of rotatable bonds is 2. The van der Waals surface area contributed by atoms with Gasteiger partial charge in [-0.1, -0.05) is 0 Å². The van der Waals surface area contributed by atoms with Crippen molar-refractivity contribution in [1.82, 2.24) is 0 Å². The fourth-order valence-corrected chi connectivity index (χ4v) is 2.39. The third-order valence-corrected chi connectivity index (χ3v) is 3.64. The first-order valence-corrected chi connectivity index (χ1v) is 6.91. The molecule has 0 heterocycles. The smallest absolute Gasteiger partial charge is 0.258 e. The van der Waals surface area contributed by atoms with E-state index in [2.05, 4.69) is 21.2 Å². The number of carbonyl (C=O) groups excluding carboxylic acids is 1. The van der Waals surface area contributed by atoms with Gasteiger partial charge in [0.15, 0.2) is 0 Å². The Morgan fingerprint density at radius 3 is 2.48 bits per heavy atom. The predicted molar refractivity (Wildman–Crippen MR) is 82.3 cm³/mol. The molecule has 0 aliphatic carbocycles. The average molecular weight is 355 g/mol. The third kappa shape index (κ3) is 3.21. The van der Waals surface area contributed by atoms with E-state index in [9.17, 15) is 13.6 Å². The van der Waals surface area contributed by atoms with Gasteiger partial charge in [-0.3, -0.25) is 4.79 Å². The van der Waals surface area contributed by atoms with Crippen molar-refractivity contribution in [2.24, 2.45) is 0 Å². The van der Waals surface area contributed by atoms with Crippen molar-refractivity contribution in [1.29, 1.82) is 0 Å². The largest absolute Gasteiger partial charge is 0.399 e. The molecule has 2 aromatic carbocycles. The van der Waals surface area contributed by atoms with Crippen molar-refractivity contribution < 1.29 is 13.6 Å². The summed E-state index contributed by atoms with van der Waals surface area (Å²) < 4.78 is 27.8. The molecule has 110 valence electrons. The van der Waals surface area contributed by atoms with Crippen molar-refractivity contribution in [3.8, 4) is 0 Å². The summed E-state index contributed by atoms with van der Waals surface area (Å²) in [5.41, 5.74) is 6.94. The van der Waals surface area contributed by atoms with Gasteiger partial charge in [0.1, 0.15) is 11.6 Å². The molecule has 0 saturated carbocycles. The van der Waals surface area contributed by atoms with E-state index in [1.807, 2.05) is 0 Å². The standard InChI is InChI=1S/C15H13BrF2N2O/c1-7-4-11(16)12(17)6-13(7)20-15(21)10-5-9(19)3-8(2)14(10)18/h3-6H,19H2,1-2H3,(H,20,21). The minimum absolute atomic E-state index is 0.171. The topological polar surface area (TPSA) is 55.1 Å². The highest BCUT2D eigenvalue weighted by molar-refractivity contribution is 9.10. The van der Waals surface area contributed by atoms with Crippen LogP contribution in [0.15, 0.2) is 28.7 Å². The summed E-state index contributed by atoms with van der Waals surface area (Å²) in [6, 6.07) is 5.40. The number of aryl methyl sites for hydroxylation is 2. The predicted octanol–water partition coefficient (Wildman–Crippen LogP) is 4.18. The SMILES string of the molecule is Cc1cc(Br)c(F)cc1NC(=O)c1cc(N)cc(C)c1F. The van der Waals surface area contributed by atoms with E-state index in [4.69, 9.17) is 5.73 Å². The maximum Gasteiger partial charge on any atom is 0.258 e. The fraction of sp³-hybridized carbons (Fsp3) is 0.133. The van der Waals surface area contributed by atoms with Gasteiger partial charge in [0.05, 0.1) is 10.0 Å². The van der Waals surface area contributed by atoms with E-state index in [1.165, 1.54) is 31.2 Å². The summed E-state index contributed by atoms with van der Waals surface area (Å²) >= 11 is 3.06. The van der Waals surface area contributed by atoms with Gasteiger partial charge < -0.3 is 11.1 Å². The molecule has 0 aliphatic rings. The molecule has 0 spiro atoms. The molecule has 0 bridgehead atoms. The molecule has 0 fully saturated rings. The van der Waals surface area contributed by atoms with Gasteiger partial charge in [0.25, 0.3) is 5.91 Å². The van der Waals surface area contributed by atoms with E-state index >= 15 is 0 Å². The fourth-order valence-electron chi connectivity index (χ4n) is 1.93. The Hall–Kier alpha value is -1.95. The molecule has 2 aromatic rings. The molecule has 21 heavy (non-hydrogen) atoms.